The monoisotopic (exact) mass is 297 g/mol. The molecule has 4 heteroatoms. The maximum absolute atomic E-state index is 11.7. The standard InChI is InChI=1S/C18H19NO3/c1-18(2,3)22-17(21)19-16-10-8-15(9-11-16)14-6-4-13(12-20)5-7-14/h4-12H,1-3H3,(H,19,21). The zero-order valence-corrected chi connectivity index (χ0v) is 12.9. The van der Waals surface area contributed by atoms with E-state index >= 15 is 0 Å². The summed E-state index contributed by atoms with van der Waals surface area (Å²) in [6, 6.07) is 14.8. The maximum Gasteiger partial charge on any atom is 0.412 e. The smallest absolute Gasteiger partial charge is 0.412 e. The molecule has 0 radical (unpaired) electrons. The van der Waals surface area contributed by atoms with Crippen molar-refractivity contribution < 1.29 is 14.3 Å². The third kappa shape index (κ3) is 4.45. The summed E-state index contributed by atoms with van der Waals surface area (Å²) in [6.45, 7) is 5.45. The number of benzene rings is 2. The fourth-order valence-corrected chi connectivity index (χ4v) is 1.92. The van der Waals surface area contributed by atoms with E-state index in [0.29, 0.717) is 11.3 Å². The lowest BCUT2D eigenvalue weighted by molar-refractivity contribution is 0.0636. The number of rotatable bonds is 3. The van der Waals surface area contributed by atoms with Crippen LogP contribution in [-0.2, 0) is 4.74 Å². The number of ether oxygens (including phenoxy) is 1. The molecule has 2 aromatic carbocycles. The highest BCUT2D eigenvalue weighted by Crippen LogP contribution is 2.22. The lowest BCUT2D eigenvalue weighted by atomic mass is 10.0. The second-order valence-electron chi connectivity index (χ2n) is 5.94. The largest absolute Gasteiger partial charge is 0.444 e. The molecule has 1 N–H and O–H groups in total. The van der Waals surface area contributed by atoms with Gasteiger partial charge in [0.05, 0.1) is 0 Å². The van der Waals surface area contributed by atoms with Gasteiger partial charge in [-0.15, -0.1) is 0 Å². The van der Waals surface area contributed by atoms with Crippen molar-refractivity contribution in [2.45, 2.75) is 26.4 Å². The first kappa shape index (κ1) is 15.8. The van der Waals surface area contributed by atoms with Gasteiger partial charge >= 0.3 is 6.09 Å². The maximum atomic E-state index is 11.7. The molecule has 0 aromatic heterocycles. The van der Waals surface area contributed by atoms with Crippen LogP contribution in [0.25, 0.3) is 11.1 Å². The van der Waals surface area contributed by atoms with Crippen LogP contribution in [0, 0.1) is 0 Å². The lowest BCUT2D eigenvalue weighted by Gasteiger charge is -2.19. The van der Waals surface area contributed by atoms with E-state index in [1.165, 1.54) is 0 Å². The lowest BCUT2D eigenvalue weighted by Crippen LogP contribution is -2.27. The van der Waals surface area contributed by atoms with Gasteiger partial charge < -0.3 is 4.74 Å². The Labute approximate surface area is 130 Å². The highest BCUT2D eigenvalue weighted by molar-refractivity contribution is 5.85. The first-order valence-corrected chi connectivity index (χ1v) is 7.03. The number of aldehydes is 1. The van der Waals surface area contributed by atoms with E-state index in [9.17, 15) is 9.59 Å². The average Bonchev–Trinajstić information content (AvgIpc) is 2.46. The van der Waals surface area contributed by atoms with Gasteiger partial charge in [-0.05, 0) is 44.0 Å². The molecule has 2 aromatic rings. The molecule has 0 atom stereocenters. The van der Waals surface area contributed by atoms with Crippen LogP contribution >= 0.6 is 0 Å². The summed E-state index contributed by atoms with van der Waals surface area (Å²) < 4.78 is 5.20. The van der Waals surface area contributed by atoms with Gasteiger partial charge in [0, 0.05) is 11.3 Å². The SMILES string of the molecule is CC(C)(C)OC(=O)Nc1ccc(-c2ccc(C=O)cc2)cc1. The van der Waals surface area contributed by atoms with Crippen LogP contribution in [0.15, 0.2) is 48.5 Å². The molecule has 114 valence electrons. The molecule has 22 heavy (non-hydrogen) atoms. The third-order valence-corrected chi connectivity index (χ3v) is 2.91. The predicted octanol–water partition coefficient (Wildman–Crippen LogP) is 4.51. The predicted molar refractivity (Wildman–Crippen MR) is 87.1 cm³/mol. The fourth-order valence-electron chi connectivity index (χ4n) is 1.92. The molecule has 0 unspecified atom stereocenters. The van der Waals surface area contributed by atoms with Gasteiger partial charge in [-0.25, -0.2) is 4.79 Å². The third-order valence-electron chi connectivity index (χ3n) is 2.91. The van der Waals surface area contributed by atoms with E-state index in [2.05, 4.69) is 5.32 Å². The average molecular weight is 297 g/mol. The molecule has 1 amide bonds. The second-order valence-corrected chi connectivity index (χ2v) is 5.94. The number of hydrogen-bond donors (Lipinski definition) is 1. The van der Waals surface area contributed by atoms with Gasteiger partial charge in [0.1, 0.15) is 11.9 Å². The van der Waals surface area contributed by atoms with Crippen LogP contribution in [-0.4, -0.2) is 18.0 Å². The Morgan fingerprint density at radius 3 is 1.91 bits per heavy atom. The number of anilines is 1. The first-order chi connectivity index (χ1) is 10.4. The summed E-state index contributed by atoms with van der Waals surface area (Å²) in [5, 5.41) is 2.69. The van der Waals surface area contributed by atoms with Crippen molar-refractivity contribution in [1.82, 2.24) is 0 Å². The van der Waals surface area contributed by atoms with Gasteiger partial charge in [0.15, 0.2) is 0 Å². The number of carbonyl (C=O) groups is 2. The van der Waals surface area contributed by atoms with Crippen LogP contribution in [0.3, 0.4) is 0 Å². The highest BCUT2D eigenvalue weighted by atomic mass is 16.6. The quantitative estimate of drug-likeness (QED) is 0.848. The van der Waals surface area contributed by atoms with Crippen molar-refractivity contribution in [1.29, 1.82) is 0 Å². The Morgan fingerprint density at radius 2 is 1.45 bits per heavy atom. The van der Waals surface area contributed by atoms with Crippen LogP contribution < -0.4 is 5.32 Å². The van der Waals surface area contributed by atoms with Crippen LogP contribution in [0.5, 0.6) is 0 Å². The van der Waals surface area contributed by atoms with Crippen LogP contribution in [0.4, 0.5) is 10.5 Å². The van der Waals surface area contributed by atoms with Crippen molar-refractivity contribution in [2.24, 2.45) is 0 Å². The van der Waals surface area contributed by atoms with Gasteiger partial charge in [-0.2, -0.15) is 0 Å². The van der Waals surface area contributed by atoms with Crippen molar-refractivity contribution in [3.8, 4) is 11.1 Å². The van der Waals surface area contributed by atoms with Crippen molar-refractivity contribution in [2.75, 3.05) is 5.32 Å². The van der Waals surface area contributed by atoms with Gasteiger partial charge in [0.25, 0.3) is 0 Å². The van der Waals surface area contributed by atoms with Crippen LogP contribution in [0.1, 0.15) is 31.1 Å². The van der Waals surface area contributed by atoms with E-state index in [4.69, 9.17) is 4.74 Å². The molecule has 0 aliphatic rings. The Kier molecular flexibility index (Phi) is 4.61. The Morgan fingerprint density at radius 1 is 0.955 bits per heavy atom. The summed E-state index contributed by atoms with van der Waals surface area (Å²) >= 11 is 0. The summed E-state index contributed by atoms with van der Waals surface area (Å²) in [6.07, 6.45) is 0.341. The highest BCUT2D eigenvalue weighted by Gasteiger charge is 2.16. The molecule has 0 heterocycles. The van der Waals surface area contributed by atoms with Crippen LogP contribution in [0.2, 0.25) is 0 Å². The molecular weight excluding hydrogens is 278 g/mol. The molecule has 0 spiro atoms. The van der Waals surface area contributed by atoms with Gasteiger partial charge in [0.2, 0.25) is 0 Å². The minimum absolute atomic E-state index is 0.476. The van der Waals surface area contributed by atoms with Gasteiger partial charge in [-0.3, -0.25) is 10.1 Å². The van der Waals surface area contributed by atoms with Crippen molar-refractivity contribution in [3.05, 3.63) is 54.1 Å². The first-order valence-electron chi connectivity index (χ1n) is 7.03. The number of amides is 1. The van der Waals surface area contributed by atoms with Crippen molar-refractivity contribution >= 4 is 18.1 Å². The number of nitrogens with one attached hydrogen (secondary N) is 1. The zero-order valence-electron chi connectivity index (χ0n) is 12.9. The van der Waals surface area contributed by atoms with Crippen molar-refractivity contribution in [3.63, 3.8) is 0 Å². The zero-order chi connectivity index (χ0) is 16.2. The molecule has 0 saturated carbocycles. The molecule has 4 nitrogen and oxygen atoms in total. The normalized spacial score (nSPS) is 10.9. The molecule has 0 aliphatic carbocycles. The number of carbonyl (C=O) groups excluding carboxylic acids is 2. The topological polar surface area (TPSA) is 55.4 Å². The second kappa shape index (κ2) is 6.43. The summed E-state index contributed by atoms with van der Waals surface area (Å²) in [5.41, 5.74) is 2.81. The molecule has 0 bridgehead atoms. The fraction of sp³-hybridized carbons (Fsp3) is 0.222. The van der Waals surface area contributed by atoms with Gasteiger partial charge in [-0.1, -0.05) is 36.4 Å². The van der Waals surface area contributed by atoms with E-state index in [1.54, 1.807) is 12.1 Å². The van der Waals surface area contributed by atoms with E-state index in [0.717, 1.165) is 17.4 Å². The Bertz CT molecular complexity index is 652. The minimum Gasteiger partial charge on any atom is -0.444 e. The Balaban J connectivity index is 2.06. The van der Waals surface area contributed by atoms with E-state index < -0.39 is 11.7 Å². The van der Waals surface area contributed by atoms with E-state index in [-0.39, 0.29) is 0 Å². The molecule has 0 aliphatic heterocycles. The van der Waals surface area contributed by atoms with E-state index in [1.807, 2.05) is 57.2 Å². The Hall–Kier alpha value is -2.62. The summed E-state index contributed by atoms with van der Waals surface area (Å²) in [5.74, 6) is 0. The minimum atomic E-state index is -0.523. The number of hydrogen-bond acceptors (Lipinski definition) is 3. The summed E-state index contributed by atoms with van der Waals surface area (Å²) in [7, 11) is 0. The summed E-state index contributed by atoms with van der Waals surface area (Å²) in [4.78, 5) is 22.3. The molecular formula is C18H19NO3. The molecule has 2 rings (SSSR count). The molecule has 0 saturated heterocycles. The molecule has 0 fully saturated rings.